The third-order valence-corrected chi connectivity index (χ3v) is 7.26. The number of hydrogen-bond acceptors (Lipinski definition) is 9. The van der Waals surface area contributed by atoms with Gasteiger partial charge in [-0.15, -0.1) is 0 Å². The lowest BCUT2D eigenvalue weighted by Crippen LogP contribution is -2.43. The van der Waals surface area contributed by atoms with E-state index in [1.807, 2.05) is 31.2 Å². The molecule has 2 aromatic rings. The molecule has 0 radical (unpaired) electrons. The quantitative estimate of drug-likeness (QED) is 0.307. The summed E-state index contributed by atoms with van der Waals surface area (Å²) in [5.41, 5.74) is 1.05. The van der Waals surface area contributed by atoms with Crippen molar-refractivity contribution in [2.24, 2.45) is 11.8 Å². The van der Waals surface area contributed by atoms with Crippen LogP contribution in [0.25, 0.3) is 0 Å². The molecule has 11 heteroatoms. The van der Waals surface area contributed by atoms with Crippen molar-refractivity contribution in [2.75, 3.05) is 27.1 Å². The zero-order chi connectivity index (χ0) is 29.1. The first-order chi connectivity index (χ1) is 19.2. The normalized spacial score (nSPS) is 21.3. The fourth-order valence-corrected chi connectivity index (χ4v) is 4.69. The second kappa shape index (κ2) is 15.4. The van der Waals surface area contributed by atoms with Crippen LogP contribution in [0.15, 0.2) is 36.5 Å². The van der Waals surface area contributed by atoms with Gasteiger partial charge in [-0.05, 0) is 62.6 Å². The molecule has 1 aromatic heterocycles. The van der Waals surface area contributed by atoms with E-state index in [0.717, 1.165) is 12.8 Å². The van der Waals surface area contributed by atoms with Crippen LogP contribution in [0.4, 0.5) is 0 Å². The van der Waals surface area contributed by atoms with Gasteiger partial charge in [-0.1, -0.05) is 37.1 Å². The van der Waals surface area contributed by atoms with E-state index in [1.54, 1.807) is 6.92 Å². The van der Waals surface area contributed by atoms with Gasteiger partial charge in [0.1, 0.15) is 18.8 Å². The monoisotopic (exact) mass is 576 g/mol. The van der Waals surface area contributed by atoms with Crippen LogP contribution in [0, 0.1) is 11.8 Å². The Labute approximate surface area is 239 Å². The maximum atomic E-state index is 13.3. The van der Waals surface area contributed by atoms with Gasteiger partial charge in [0.15, 0.2) is 17.2 Å². The molecule has 1 aliphatic heterocycles. The van der Waals surface area contributed by atoms with Crippen molar-refractivity contribution in [3.63, 3.8) is 0 Å². The lowest BCUT2D eigenvalue weighted by molar-refractivity contribution is -0.155. The van der Waals surface area contributed by atoms with Crippen molar-refractivity contribution in [3.05, 3.63) is 52.8 Å². The summed E-state index contributed by atoms with van der Waals surface area (Å²) in [7, 11) is 1.41. The Balaban J connectivity index is 1.69. The predicted molar refractivity (Wildman–Crippen MR) is 147 cm³/mol. The number of amides is 1. The molecule has 1 N–H and O–H groups in total. The first kappa shape index (κ1) is 31.2. The third kappa shape index (κ3) is 8.82. The van der Waals surface area contributed by atoms with Gasteiger partial charge >= 0.3 is 11.9 Å². The van der Waals surface area contributed by atoms with Gasteiger partial charge in [0.25, 0.3) is 5.91 Å². The maximum Gasteiger partial charge on any atom is 0.334 e. The summed E-state index contributed by atoms with van der Waals surface area (Å²) in [6.45, 7) is 5.38. The number of rotatable bonds is 11. The van der Waals surface area contributed by atoms with E-state index in [-0.39, 0.29) is 41.7 Å². The lowest BCUT2D eigenvalue weighted by Gasteiger charge is -2.28. The second-order valence-corrected chi connectivity index (χ2v) is 10.1. The van der Waals surface area contributed by atoms with Crippen LogP contribution in [-0.4, -0.2) is 62.1 Å². The number of carbonyl (C=O) groups excluding carboxylic acids is 3. The largest absolute Gasteiger partial charge is 0.493 e. The predicted octanol–water partition coefficient (Wildman–Crippen LogP) is 4.37. The van der Waals surface area contributed by atoms with Crippen molar-refractivity contribution in [1.29, 1.82) is 0 Å². The zero-order valence-electron chi connectivity index (χ0n) is 23.3. The summed E-state index contributed by atoms with van der Waals surface area (Å²) in [5, 5.41) is 3.44. The standard InChI is InChI=1S/C29H37ClN2O8/c1-5-37-16-25(33)38-17-39-27-24(36-4)13-14-31-26(27)28(34)32-23-8-6-7-21(18(2)19(3)40-29(23)35)15-20-9-11-22(30)12-10-20/h9-14,18-19,21,23H,5-8,15-17H2,1-4H3,(H,32,34). The van der Waals surface area contributed by atoms with Crippen molar-refractivity contribution in [2.45, 2.75) is 58.6 Å². The number of methoxy groups -OCH3 is 1. The van der Waals surface area contributed by atoms with Crippen LogP contribution in [0.1, 0.15) is 56.1 Å². The van der Waals surface area contributed by atoms with Crippen LogP contribution in [0.2, 0.25) is 5.02 Å². The fraction of sp³-hybridized carbons (Fsp3) is 0.517. The Morgan fingerprint density at radius 1 is 1.15 bits per heavy atom. The van der Waals surface area contributed by atoms with E-state index in [1.165, 1.54) is 24.9 Å². The van der Waals surface area contributed by atoms with E-state index < -0.39 is 30.7 Å². The number of nitrogens with one attached hydrogen (secondary N) is 1. The Bertz CT molecular complexity index is 1140. The molecule has 0 spiro atoms. The van der Waals surface area contributed by atoms with Crippen LogP contribution >= 0.6 is 11.6 Å². The second-order valence-electron chi connectivity index (χ2n) is 9.66. The Hall–Kier alpha value is -3.37. The van der Waals surface area contributed by atoms with Crippen molar-refractivity contribution in [1.82, 2.24) is 10.3 Å². The summed E-state index contributed by atoms with van der Waals surface area (Å²) >= 11 is 6.04. The van der Waals surface area contributed by atoms with Gasteiger partial charge in [-0.25, -0.2) is 14.6 Å². The first-order valence-corrected chi connectivity index (χ1v) is 13.8. The molecule has 1 aromatic carbocycles. The third-order valence-electron chi connectivity index (χ3n) is 7.01. The average Bonchev–Trinajstić information content (AvgIpc) is 2.99. The zero-order valence-corrected chi connectivity index (χ0v) is 24.1. The highest BCUT2D eigenvalue weighted by atomic mass is 35.5. The number of nitrogens with zero attached hydrogens (tertiary/aromatic N) is 1. The number of halogens is 1. The molecule has 1 saturated heterocycles. The molecule has 218 valence electrons. The van der Waals surface area contributed by atoms with Gasteiger partial charge in [0, 0.05) is 23.9 Å². The summed E-state index contributed by atoms with van der Waals surface area (Å²) < 4.78 is 26.6. The molecule has 10 nitrogen and oxygen atoms in total. The number of aromatic nitrogens is 1. The summed E-state index contributed by atoms with van der Waals surface area (Å²) in [4.78, 5) is 42.2. The molecule has 1 amide bonds. The van der Waals surface area contributed by atoms with Gasteiger partial charge in [-0.3, -0.25) is 4.79 Å². The van der Waals surface area contributed by atoms with E-state index >= 15 is 0 Å². The van der Waals surface area contributed by atoms with Crippen LogP contribution in [0.3, 0.4) is 0 Å². The van der Waals surface area contributed by atoms with E-state index in [4.69, 9.17) is 35.3 Å². The summed E-state index contributed by atoms with van der Waals surface area (Å²) in [6.07, 6.45) is 3.84. The van der Waals surface area contributed by atoms with Crippen molar-refractivity contribution in [3.8, 4) is 11.5 Å². The van der Waals surface area contributed by atoms with Gasteiger partial charge in [0.2, 0.25) is 6.79 Å². The highest BCUT2D eigenvalue weighted by Crippen LogP contribution is 2.31. The van der Waals surface area contributed by atoms with Gasteiger partial charge in [-0.2, -0.15) is 0 Å². The molecule has 1 aliphatic rings. The summed E-state index contributed by atoms with van der Waals surface area (Å²) in [6, 6.07) is 8.42. The number of esters is 2. The maximum absolute atomic E-state index is 13.3. The number of carbonyl (C=O) groups is 3. The van der Waals surface area contributed by atoms with Crippen LogP contribution in [-0.2, 0) is 30.2 Å². The number of benzene rings is 1. The first-order valence-electron chi connectivity index (χ1n) is 13.4. The molecule has 4 atom stereocenters. The number of cyclic esters (lactones) is 1. The molecule has 4 unspecified atom stereocenters. The van der Waals surface area contributed by atoms with E-state index in [0.29, 0.717) is 24.5 Å². The van der Waals surface area contributed by atoms with E-state index in [9.17, 15) is 14.4 Å². The summed E-state index contributed by atoms with van der Waals surface area (Å²) in [5.74, 6) is -1.19. The highest BCUT2D eigenvalue weighted by Gasteiger charge is 2.33. The number of hydrogen-bond donors (Lipinski definition) is 1. The molecule has 40 heavy (non-hydrogen) atoms. The fourth-order valence-electron chi connectivity index (χ4n) is 4.56. The minimum absolute atomic E-state index is 0.0202. The minimum atomic E-state index is -0.874. The Kier molecular flexibility index (Phi) is 12.0. The van der Waals surface area contributed by atoms with Gasteiger partial charge in [0.05, 0.1) is 7.11 Å². The van der Waals surface area contributed by atoms with E-state index in [2.05, 4.69) is 17.2 Å². The Morgan fingerprint density at radius 3 is 2.60 bits per heavy atom. The topological polar surface area (TPSA) is 122 Å². The molecule has 0 bridgehead atoms. The molecular weight excluding hydrogens is 540 g/mol. The molecule has 2 heterocycles. The number of ether oxygens (including phenoxy) is 5. The lowest BCUT2D eigenvalue weighted by atomic mass is 9.81. The van der Waals surface area contributed by atoms with Crippen LogP contribution in [0.5, 0.6) is 11.5 Å². The van der Waals surface area contributed by atoms with Crippen molar-refractivity contribution >= 4 is 29.4 Å². The highest BCUT2D eigenvalue weighted by molar-refractivity contribution is 6.30. The molecular formula is C29H37ClN2O8. The van der Waals surface area contributed by atoms with Crippen molar-refractivity contribution < 1.29 is 38.1 Å². The smallest absolute Gasteiger partial charge is 0.334 e. The average molecular weight is 577 g/mol. The van der Waals surface area contributed by atoms with Crippen LogP contribution < -0.4 is 14.8 Å². The van der Waals surface area contributed by atoms with Gasteiger partial charge < -0.3 is 29.0 Å². The minimum Gasteiger partial charge on any atom is -0.493 e. The Morgan fingerprint density at radius 2 is 1.90 bits per heavy atom. The number of pyridine rings is 1. The SMILES string of the molecule is CCOCC(=O)OCOc1c(OC)ccnc1C(=O)NC1CCCC(Cc2ccc(Cl)cc2)C(C)C(C)OC1=O. The molecule has 1 fully saturated rings. The molecule has 3 rings (SSSR count). The molecule has 0 saturated carbocycles. The molecule has 0 aliphatic carbocycles.